The first-order chi connectivity index (χ1) is 9.47. The first kappa shape index (κ1) is 15.1. The van der Waals surface area contributed by atoms with Crippen LogP contribution >= 0.6 is 27.7 Å². The summed E-state index contributed by atoms with van der Waals surface area (Å²) < 4.78 is 6.52. The number of hydrogen-bond donors (Lipinski definition) is 0. The average molecular weight is 356 g/mol. The maximum atomic E-state index is 11.8. The van der Waals surface area contributed by atoms with Gasteiger partial charge in [0.15, 0.2) is 0 Å². The molecule has 2 rings (SSSR count). The Morgan fingerprint density at radius 1 is 1.40 bits per heavy atom. The van der Waals surface area contributed by atoms with E-state index in [4.69, 9.17) is 4.42 Å². The van der Waals surface area contributed by atoms with Gasteiger partial charge >= 0.3 is 0 Å². The van der Waals surface area contributed by atoms with Crippen LogP contribution in [0.4, 0.5) is 0 Å². The summed E-state index contributed by atoms with van der Waals surface area (Å²) in [7, 11) is 3.44. The fourth-order valence-electron chi connectivity index (χ4n) is 1.56. The molecular weight excluding hydrogens is 342 g/mol. The Morgan fingerprint density at radius 3 is 2.80 bits per heavy atom. The molecule has 2 aromatic rings. The lowest BCUT2D eigenvalue weighted by molar-refractivity contribution is -0.127. The summed E-state index contributed by atoms with van der Waals surface area (Å²) in [5, 5.41) is 8.09. The van der Waals surface area contributed by atoms with E-state index < -0.39 is 0 Å². The molecule has 0 fully saturated rings. The standard InChI is InChI=1S/C13H14BrN3O2S/c1-8(12(18)17(2)3)20-13-16-15-11(19-13)9-5-4-6-10(14)7-9/h4-8H,1-3H3/t8-/m0/s1. The average Bonchev–Trinajstić information content (AvgIpc) is 2.86. The van der Waals surface area contributed by atoms with Gasteiger partial charge in [-0.25, -0.2) is 0 Å². The molecule has 0 saturated heterocycles. The van der Waals surface area contributed by atoms with E-state index >= 15 is 0 Å². The van der Waals surface area contributed by atoms with Crippen LogP contribution in [0.1, 0.15) is 6.92 Å². The van der Waals surface area contributed by atoms with Crippen molar-refractivity contribution in [3.8, 4) is 11.5 Å². The van der Waals surface area contributed by atoms with Crippen LogP contribution in [0.2, 0.25) is 0 Å². The largest absolute Gasteiger partial charge is 0.411 e. The molecule has 5 nitrogen and oxygen atoms in total. The molecule has 0 aliphatic heterocycles. The third-order valence-electron chi connectivity index (χ3n) is 2.54. The van der Waals surface area contributed by atoms with Crippen molar-refractivity contribution in [3.05, 3.63) is 28.7 Å². The molecule has 1 aromatic heterocycles. The van der Waals surface area contributed by atoms with Crippen molar-refractivity contribution >= 4 is 33.6 Å². The molecule has 0 aliphatic rings. The smallest absolute Gasteiger partial charge is 0.277 e. The minimum Gasteiger partial charge on any atom is -0.411 e. The third-order valence-corrected chi connectivity index (χ3v) is 3.96. The Kier molecular flexibility index (Phi) is 4.82. The van der Waals surface area contributed by atoms with Crippen LogP contribution in [0.3, 0.4) is 0 Å². The summed E-state index contributed by atoms with van der Waals surface area (Å²) in [5.41, 5.74) is 0.838. The Bertz CT molecular complexity index is 615. The van der Waals surface area contributed by atoms with Crippen LogP contribution in [-0.2, 0) is 4.79 Å². The van der Waals surface area contributed by atoms with Crippen LogP contribution in [0.15, 0.2) is 38.4 Å². The van der Waals surface area contributed by atoms with Crippen molar-refractivity contribution in [2.75, 3.05) is 14.1 Å². The number of hydrogen-bond acceptors (Lipinski definition) is 5. The van der Waals surface area contributed by atoms with Gasteiger partial charge in [0.2, 0.25) is 11.8 Å². The summed E-state index contributed by atoms with van der Waals surface area (Å²) in [6.07, 6.45) is 0. The van der Waals surface area contributed by atoms with E-state index in [1.165, 1.54) is 11.8 Å². The van der Waals surface area contributed by atoms with Gasteiger partial charge in [-0.1, -0.05) is 33.8 Å². The monoisotopic (exact) mass is 355 g/mol. The zero-order valence-corrected chi connectivity index (χ0v) is 13.7. The van der Waals surface area contributed by atoms with Gasteiger partial charge < -0.3 is 9.32 Å². The lowest BCUT2D eigenvalue weighted by atomic mass is 10.2. The van der Waals surface area contributed by atoms with E-state index in [0.29, 0.717) is 11.1 Å². The summed E-state index contributed by atoms with van der Waals surface area (Å²) in [6.45, 7) is 1.82. The predicted molar refractivity (Wildman–Crippen MR) is 81.4 cm³/mol. The molecule has 1 atom stereocenters. The second kappa shape index (κ2) is 6.41. The third kappa shape index (κ3) is 3.61. The van der Waals surface area contributed by atoms with Gasteiger partial charge in [-0.3, -0.25) is 4.79 Å². The van der Waals surface area contributed by atoms with Crippen molar-refractivity contribution in [1.29, 1.82) is 0 Å². The predicted octanol–water partition coefficient (Wildman–Crippen LogP) is 3.07. The quantitative estimate of drug-likeness (QED) is 0.788. The maximum Gasteiger partial charge on any atom is 0.277 e. The van der Waals surface area contributed by atoms with Crippen molar-refractivity contribution in [3.63, 3.8) is 0 Å². The molecule has 0 unspecified atom stereocenters. The van der Waals surface area contributed by atoms with E-state index in [0.717, 1.165) is 10.0 Å². The SMILES string of the molecule is C[C@H](Sc1nnc(-c2cccc(Br)c2)o1)C(=O)N(C)C. The van der Waals surface area contributed by atoms with E-state index in [-0.39, 0.29) is 11.2 Å². The molecule has 1 heterocycles. The summed E-state index contributed by atoms with van der Waals surface area (Å²) >= 11 is 4.65. The highest BCUT2D eigenvalue weighted by atomic mass is 79.9. The molecule has 7 heteroatoms. The van der Waals surface area contributed by atoms with E-state index in [1.807, 2.05) is 31.2 Å². The van der Waals surface area contributed by atoms with Crippen molar-refractivity contribution in [1.82, 2.24) is 15.1 Å². The second-order valence-corrected chi connectivity index (χ2v) is 6.58. The van der Waals surface area contributed by atoms with Gasteiger partial charge in [-0.2, -0.15) is 0 Å². The van der Waals surface area contributed by atoms with Crippen molar-refractivity contribution in [2.45, 2.75) is 17.4 Å². The zero-order chi connectivity index (χ0) is 14.7. The van der Waals surface area contributed by atoms with Crippen LogP contribution < -0.4 is 0 Å². The number of thioether (sulfide) groups is 1. The Balaban J connectivity index is 2.12. The maximum absolute atomic E-state index is 11.8. The normalized spacial score (nSPS) is 12.2. The van der Waals surface area contributed by atoms with Gasteiger partial charge in [-0.15, -0.1) is 10.2 Å². The van der Waals surface area contributed by atoms with Crippen LogP contribution in [0.5, 0.6) is 0 Å². The molecule has 0 radical (unpaired) electrons. The number of benzene rings is 1. The lowest BCUT2D eigenvalue weighted by Gasteiger charge is -2.14. The molecule has 0 N–H and O–H groups in total. The Labute approximate surface area is 129 Å². The minimum atomic E-state index is -0.263. The molecule has 20 heavy (non-hydrogen) atoms. The number of aromatic nitrogens is 2. The first-order valence-corrected chi connectivity index (χ1v) is 7.62. The van der Waals surface area contributed by atoms with Gasteiger partial charge in [0, 0.05) is 24.1 Å². The highest BCUT2D eigenvalue weighted by molar-refractivity contribution is 9.10. The van der Waals surface area contributed by atoms with Gasteiger partial charge in [0.1, 0.15) is 0 Å². The number of halogens is 1. The van der Waals surface area contributed by atoms with Crippen LogP contribution in [0.25, 0.3) is 11.5 Å². The van der Waals surface area contributed by atoms with E-state index in [2.05, 4.69) is 26.1 Å². The van der Waals surface area contributed by atoms with Gasteiger partial charge in [0.25, 0.3) is 5.22 Å². The fourth-order valence-corrected chi connectivity index (χ4v) is 2.79. The minimum absolute atomic E-state index is 0.0113. The van der Waals surface area contributed by atoms with Crippen LogP contribution in [0, 0.1) is 0 Å². The number of carbonyl (C=O) groups is 1. The number of amides is 1. The fraction of sp³-hybridized carbons (Fsp3) is 0.308. The molecule has 106 valence electrons. The summed E-state index contributed by atoms with van der Waals surface area (Å²) in [4.78, 5) is 13.3. The summed E-state index contributed by atoms with van der Waals surface area (Å²) in [6, 6.07) is 7.61. The first-order valence-electron chi connectivity index (χ1n) is 5.94. The number of nitrogens with zero attached hydrogens (tertiary/aromatic N) is 3. The topological polar surface area (TPSA) is 59.2 Å². The molecule has 0 spiro atoms. The lowest BCUT2D eigenvalue weighted by Crippen LogP contribution is -2.29. The van der Waals surface area contributed by atoms with E-state index in [9.17, 15) is 4.79 Å². The number of carbonyl (C=O) groups excluding carboxylic acids is 1. The van der Waals surface area contributed by atoms with Crippen molar-refractivity contribution in [2.24, 2.45) is 0 Å². The molecular formula is C13H14BrN3O2S. The molecule has 0 saturated carbocycles. The molecule has 1 aromatic carbocycles. The number of rotatable bonds is 4. The van der Waals surface area contributed by atoms with Gasteiger partial charge in [0.05, 0.1) is 5.25 Å². The van der Waals surface area contributed by atoms with E-state index in [1.54, 1.807) is 19.0 Å². The van der Waals surface area contributed by atoms with Crippen molar-refractivity contribution < 1.29 is 9.21 Å². The van der Waals surface area contributed by atoms with Gasteiger partial charge in [-0.05, 0) is 25.1 Å². The molecule has 0 bridgehead atoms. The highest BCUT2D eigenvalue weighted by Gasteiger charge is 2.19. The molecule has 1 amide bonds. The summed E-state index contributed by atoms with van der Waals surface area (Å²) in [5.74, 6) is 0.454. The Hall–Kier alpha value is -1.34. The highest BCUT2D eigenvalue weighted by Crippen LogP contribution is 2.27. The zero-order valence-electron chi connectivity index (χ0n) is 11.3. The Morgan fingerprint density at radius 2 is 2.15 bits per heavy atom. The van der Waals surface area contributed by atoms with Crippen LogP contribution in [-0.4, -0.2) is 40.3 Å². The molecule has 0 aliphatic carbocycles. The second-order valence-electron chi connectivity index (χ2n) is 4.38.